The number of imidazole rings is 1. The van der Waals surface area contributed by atoms with Gasteiger partial charge in [-0.3, -0.25) is 14.6 Å². The van der Waals surface area contributed by atoms with Crippen LogP contribution in [-0.4, -0.2) is 26.6 Å². The zero-order valence-electron chi connectivity index (χ0n) is 12.8. The second kappa shape index (κ2) is 6.98. The molecule has 22 heavy (non-hydrogen) atoms. The molecule has 0 spiro atoms. The third-order valence-corrected chi connectivity index (χ3v) is 3.59. The molecule has 3 N–H and O–H groups in total. The van der Waals surface area contributed by atoms with E-state index in [1.54, 1.807) is 31.5 Å². The van der Waals surface area contributed by atoms with E-state index in [0.717, 1.165) is 12.8 Å². The summed E-state index contributed by atoms with van der Waals surface area (Å²) < 4.78 is 0. The van der Waals surface area contributed by atoms with Gasteiger partial charge in [-0.05, 0) is 25.5 Å². The van der Waals surface area contributed by atoms with Gasteiger partial charge < -0.3 is 10.7 Å². The first-order valence-corrected chi connectivity index (χ1v) is 7.35. The monoisotopic (exact) mass is 300 g/mol. The minimum atomic E-state index is -0.592. The minimum absolute atomic E-state index is 0.0272. The molecule has 116 valence electrons. The Balaban J connectivity index is 2.36. The van der Waals surface area contributed by atoms with Crippen LogP contribution in [0, 0.1) is 6.92 Å². The lowest BCUT2D eigenvalue weighted by Crippen LogP contribution is -2.16. The number of carbonyl (C=O) groups is 2. The number of primary amides is 1. The van der Waals surface area contributed by atoms with Crippen LogP contribution >= 0.6 is 0 Å². The average molecular weight is 300 g/mol. The molecule has 6 heteroatoms. The molecule has 0 aromatic carbocycles. The molecular formula is C16H20N4O2. The van der Waals surface area contributed by atoms with Gasteiger partial charge in [-0.15, -0.1) is 0 Å². The highest BCUT2D eigenvalue weighted by atomic mass is 16.1. The van der Waals surface area contributed by atoms with Crippen LogP contribution in [0.15, 0.2) is 24.5 Å². The maximum atomic E-state index is 12.7. The number of rotatable bonds is 7. The second-order valence-corrected chi connectivity index (χ2v) is 5.25. The number of nitrogens with one attached hydrogen (secondary N) is 1. The Kier molecular flexibility index (Phi) is 5.04. The fourth-order valence-electron chi connectivity index (χ4n) is 2.41. The van der Waals surface area contributed by atoms with Crippen LogP contribution < -0.4 is 5.73 Å². The molecule has 2 aromatic rings. The number of aryl methyl sites for hydroxylation is 1. The van der Waals surface area contributed by atoms with Crippen LogP contribution in [0.4, 0.5) is 0 Å². The maximum Gasteiger partial charge on any atom is 0.269 e. The number of nitrogens with two attached hydrogens (primary N) is 1. The van der Waals surface area contributed by atoms with Gasteiger partial charge in [0.25, 0.3) is 5.91 Å². The lowest BCUT2D eigenvalue weighted by Gasteiger charge is -2.13. The third kappa shape index (κ3) is 3.39. The first-order valence-electron chi connectivity index (χ1n) is 7.35. The van der Waals surface area contributed by atoms with Gasteiger partial charge in [0, 0.05) is 23.7 Å². The molecule has 2 aromatic heterocycles. The van der Waals surface area contributed by atoms with Crippen LogP contribution in [0.3, 0.4) is 0 Å². The van der Waals surface area contributed by atoms with E-state index in [1.165, 1.54) is 0 Å². The largest absolute Gasteiger partial charge is 0.364 e. The smallest absolute Gasteiger partial charge is 0.269 e. The predicted molar refractivity (Wildman–Crippen MR) is 82.7 cm³/mol. The van der Waals surface area contributed by atoms with Gasteiger partial charge in [-0.1, -0.05) is 19.8 Å². The van der Waals surface area contributed by atoms with Gasteiger partial charge in [-0.25, -0.2) is 4.98 Å². The number of hydrogen-bond donors (Lipinski definition) is 2. The Morgan fingerprint density at radius 1 is 1.32 bits per heavy atom. The summed E-state index contributed by atoms with van der Waals surface area (Å²) in [7, 11) is 0. The summed E-state index contributed by atoms with van der Waals surface area (Å²) in [5, 5.41) is 0. The third-order valence-electron chi connectivity index (χ3n) is 3.59. The van der Waals surface area contributed by atoms with Crippen LogP contribution in [0.25, 0.3) is 0 Å². The molecule has 1 unspecified atom stereocenters. The van der Waals surface area contributed by atoms with Crippen molar-refractivity contribution in [2.75, 3.05) is 0 Å². The maximum absolute atomic E-state index is 12.7. The first kappa shape index (κ1) is 15.9. The lowest BCUT2D eigenvalue weighted by molar-refractivity contribution is 0.0947. The molecule has 0 radical (unpaired) electrons. The summed E-state index contributed by atoms with van der Waals surface area (Å²) in [6.45, 7) is 3.79. The van der Waals surface area contributed by atoms with E-state index in [2.05, 4.69) is 21.9 Å². The van der Waals surface area contributed by atoms with E-state index in [-0.39, 0.29) is 11.5 Å². The standard InChI is InChI=1S/C16H20N4O2/c1-3-4-5-12(14(21)11-6-8-18-9-7-11)16-19-10(2)13(20-16)15(17)22/h6-9,12H,3-5H2,1-2H3,(H2,17,22)(H,19,20). The van der Waals surface area contributed by atoms with E-state index in [9.17, 15) is 9.59 Å². The zero-order valence-corrected chi connectivity index (χ0v) is 12.8. The number of H-pyrrole nitrogens is 1. The normalized spacial score (nSPS) is 12.1. The van der Waals surface area contributed by atoms with Gasteiger partial charge in [-0.2, -0.15) is 0 Å². The molecule has 2 rings (SSSR count). The molecule has 0 aliphatic rings. The van der Waals surface area contributed by atoms with Crippen molar-refractivity contribution in [2.24, 2.45) is 5.73 Å². The summed E-state index contributed by atoms with van der Waals surface area (Å²) in [4.78, 5) is 35.3. The van der Waals surface area contributed by atoms with Crippen molar-refractivity contribution in [2.45, 2.75) is 39.0 Å². The lowest BCUT2D eigenvalue weighted by atomic mass is 9.92. The van der Waals surface area contributed by atoms with Crippen LogP contribution in [0.1, 0.15) is 64.5 Å². The Morgan fingerprint density at radius 2 is 2.00 bits per heavy atom. The van der Waals surface area contributed by atoms with Crippen molar-refractivity contribution in [3.05, 3.63) is 47.3 Å². The number of carbonyl (C=O) groups excluding carboxylic acids is 2. The van der Waals surface area contributed by atoms with Crippen LogP contribution in [0.5, 0.6) is 0 Å². The van der Waals surface area contributed by atoms with Crippen LogP contribution in [0.2, 0.25) is 0 Å². The Bertz CT molecular complexity index is 664. The fraction of sp³-hybridized carbons (Fsp3) is 0.375. The van der Waals surface area contributed by atoms with Crippen molar-refractivity contribution in [3.8, 4) is 0 Å². The number of Topliss-reactive ketones (excluding diaryl/α,β-unsaturated/α-hetero) is 1. The molecule has 0 aliphatic heterocycles. The zero-order chi connectivity index (χ0) is 16.1. The van der Waals surface area contributed by atoms with Gasteiger partial charge >= 0.3 is 0 Å². The van der Waals surface area contributed by atoms with Gasteiger partial charge in [0.15, 0.2) is 5.78 Å². The van der Waals surface area contributed by atoms with E-state index < -0.39 is 11.8 Å². The summed E-state index contributed by atoms with van der Waals surface area (Å²) in [5.74, 6) is -0.526. The van der Waals surface area contributed by atoms with Gasteiger partial charge in [0.2, 0.25) is 0 Å². The summed E-state index contributed by atoms with van der Waals surface area (Å²) >= 11 is 0. The SMILES string of the molecule is CCCCC(C(=O)c1ccncc1)c1nc(C(N)=O)c(C)[nH]1. The molecule has 2 heterocycles. The number of amides is 1. The number of ketones is 1. The van der Waals surface area contributed by atoms with Crippen LogP contribution in [-0.2, 0) is 0 Å². The van der Waals surface area contributed by atoms with Crippen molar-refractivity contribution >= 4 is 11.7 Å². The molecule has 0 fully saturated rings. The summed E-state index contributed by atoms with van der Waals surface area (Å²) in [5.41, 5.74) is 6.67. The van der Waals surface area contributed by atoms with E-state index >= 15 is 0 Å². The number of aromatic amines is 1. The molecule has 0 bridgehead atoms. The average Bonchev–Trinajstić information content (AvgIpc) is 2.90. The topological polar surface area (TPSA) is 102 Å². The Labute approximate surface area is 129 Å². The fourth-order valence-corrected chi connectivity index (χ4v) is 2.41. The van der Waals surface area contributed by atoms with E-state index in [0.29, 0.717) is 23.5 Å². The predicted octanol–water partition coefficient (Wildman–Crippen LogP) is 2.37. The first-order chi connectivity index (χ1) is 10.5. The molecule has 1 atom stereocenters. The second-order valence-electron chi connectivity index (χ2n) is 5.25. The molecule has 0 saturated heterocycles. The summed E-state index contributed by atoms with van der Waals surface area (Å²) in [6, 6.07) is 3.37. The number of unbranched alkanes of at least 4 members (excludes halogenated alkanes) is 1. The number of aromatic nitrogens is 3. The minimum Gasteiger partial charge on any atom is -0.364 e. The molecule has 1 amide bonds. The molecule has 6 nitrogen and oxygen atoms in total. The quantitative estimate of drug-likeness (QED) is 0.766. The highest BCUT2D eigenvalue weighted by molar-refractivity contribution is 6.00. The highest BCUT2D eigenvalue weighted by Crippen LogP contribution is 2.25. The van der Waals surface area contributed by atoms with E-state index in [1.807, 2.05) is 0 Å². The van der Waals surface area contributed by atoms with E-state index in [4.69, 9.17) is 5.73 Å². The van der Waals surface area contributed by atoms with Crippen molar-refractivity contribution in [1.29, 1.82) is 0 Å². The molecule has 0 aliphatic carbocycles. The highest BCUT2D eigenvalue weighted by Gasteiger charge is 2.26. The Hall–Kier alpha value is -2.50. The van der Waals surface area contributed by atoms with Crippen molar-refractivity contribution < 1.29 is 9.59 Å². The van der Waals surface area contributed by atoms with Crippen molar-refractivity contribution in [1.82, 2.24) is 15.0 Å². The number of hydrogen-bond acceptors (Lipinski definition) is 4. The molecule has 0 saturated carbocycles. The molecular weight excluding hydrogens is 280 g/mol. The van der Waals surface area contributed by atoms with Gasteiger partial charge in [0.05, 0.1) is 5.92 Å². The van der Waals surface area contributed by atoms with Gasteiger partial charge in [0.1, 0.15) is 11.5 Å². The van der Waals surface area contributed by atoms with Crippen molar-refractivity contribution in [3.63, 3.8) is 0 Å². The Morgan fingerprint density at radius 3 is 2.55 bits per heavy atom. The summed E-state index contributed by atoms with van der Waals surface area (Å²) in [6.07, 6.45) is 5.72. The number of pyridine rings is 1. The number of nitrogens with zero attached hydrogens (tertiary/aromatic N) is 2.